The number of aryl methyl sites for hydroxylation is 2. The van der Waals surface area contributed by atoms with Gasteiger partial charge in [-0.1, -0.05) is 0 Å². The van der Waals surface area contributed by atoms with Gasteiger partial charge in [0.25, 0.3) is 11.2 Å². The molecule has 1 heterocycles. The molecule has 0 aliphatic carbocycles. The highest BCUT2D eigenvalue weighted by Crippen LogP contribution is 2.31. The molecule has 0 aliphatic rings. The number of ether oxygens (including phenoxy) is 1. The Kier molecular flexibility index (Phi) is 5.93. The minimum absolute atomic E-state index is 0.00800. The largest absolute Gasteiger partial charge is 0.380 e. The van der Waals surface area contributed by atoms with Crippen LogP contribution in [0.4, 0.5) is 11.4 Å². The van der Waals surface area contributed by atoms with Crippen molar-refractivity contribution in [1.82, 2.24) is 4.57 Å². The van der Waals surface area contributed by atoms with Crippen molar-refractivity contribution in [2.45, 2.75) is 26.8 Å². The number of nitrogens with zero attached hydrogens (tertiary/aromatic N) is 2. The van der Waals surface area contributed by atoms with Gasteiger partial charge in [-0.3, -0.25) is 14.9 Å². The second kappa shape index (κ2) is 7.94. The lowest BCUT2D eigenvalue weighted by Crippen LogP contribution is -2.22. The van der Waals surface area contributed by atoms with Gasteiger partial charge in [-0.15, -0.1) is 0 Å². The van der Waals surface area contributed by atoms with Crippen LogP contribution in [-0.2, 0) is 11.8 Å². The van der Waals surface area contributed by atoms with Gasteiger partial charge in [-0.05, 0) is 50.1 Å². The fraction of sp³-hybridized carbons (Fsp3) is 0.389. The van der Waals surface area contributed by atoms with Crippen LogP contribution in [0.3, 0.4) is 0 Å². The minimum Gasteiger partial charge on any atom is -0.380 e. The molecule has 0 saturated heterocycles. The summed E-state index contributed by atoms with van der Waals surface area (Å²) in [5.41, 5.74) is 2.63. The average Bonchev–Trinajstić information content (AvgIpc) is 2.57. The molecule has 0 spiro atoms. The van der Waals surface area contributed by atoms with Crippen molar-refractivity contribution in [2.75, 3.05) is 18.5 Å². The highest BCUT2D eigenvalue weighted by Gasteiger charge is 2.17. The molecule has 0 saturated carbocycles. The number of hydrogen-bond donors (Lipinski definition) is 1. The molecule has 2 rings (SSSR count). The molecule has 0 amide bonds. The summed E-state index contributed by atoms with van der Waals surface area (Å²) in [5, 5.41) is 14.4. The maximum Gasteiger partial charge on any atom is 0.292 e. The second-order valence-corrected chi connectivity index (χ2v) is 6.02. The van der Waals surface area contributed by atoms with Gasteiger partial charge in [0.05, 0.1) is 11.5 Å². The van der Waals surface area contributed by atoms with Crippen molar-refractivity contribution in [3.8, 4) is 11.1 Å². The summed E-state index contributed by atoms with van der Waals surface area (Å²) in [7, 11) is 1.69. The molecule has 7 nitrogen and oxygen atoms in total. The van der Waals surface area contributed by atoms with Crippen molar-refractivity contribution < 1.29 is 9.66 Å². The lowest BCUT2D eigenvalue weighted by atomic mass is 10.0. The van der Waals surface area contributed by atoms with E-state index < -0.39 is 4.92 Å². The Morgan fingerprint density at radius 2 is 2.04 bits per heavy atom. The Bertz CT molecular complexity index is 803. The monoisotopic (exact) mass is 345 g/mol. The summed E-state index contributed by atoms with van der Waals surface area (Å²) >= 11 is 0. The number of nitro groups is 1. The molecule has 7 heteroatoms. The van der Waals surface area contributed by atoms with E-state index in [0.29, 0.717) is 24.5 Å². The van der Waals surface area contributed by atoms with Crippen LogP contribution < -0.4 is 10.9 Å². The predicted molar refractivity (Wildman–Crippen MR) is 98.1 cm³/mol. The third-order valence-electron chi connectivity index (χ3n) is 3.86. The van der Waals surface area contributed by atoms with Gasteiger partial charge in [0.1, 0.15) is 5.69 Å². The van der Waals surface area contributed by atoms with Crippen LogP contribution in [0.2, 0.25) is 0 Å². The normalized spacial score (nSPS) is 12.0. The van der Waals surface area contributed by atoms with Gasteiger partial charge < -0.3 is 14.6 Å². The SMILES string of the molecule is CCOC[C@H](C)Nc1cc(-c2cc(C)c(=O)n(C)c2)ccc1[N+](=O)[O-]. The molecule has 1 aromatic carbocycles. The van der Waals surface area contributed by atoms with Crippen molar-refractivity contribution in [1.29, 1.82) is 0 Å². The highest BCUT2D eigenvalue weighted by atomic mass is 16.6. The number of hydrogen-bond acceptors (Lipinski definition) is 5. The first kappa shape index (κ1) is 18.7. The van der Waals surface area contributed by atoms with E-state index in [0.717, 1.165) is 11.1 Å². The van der Waals surface area contributed by atoms with E-state index in [1.54, 1.807) is 38.4 Å². The van der Waals surface area contributed by atoms with E-state index in [1.807, 2.05) is 13.8 Å². The third kappa shape index (κ3) is 4.45. The van der Waals surface area contributed by atoms with Gasteiger partial charge in [-0.25, -0.2) is 0 Å². The zero-order chi connectivity index (χ0) is 18.6. The van der Waals surface area contributed by atoms with Crippen molar-refractivity contribution >= 4 is 11.4 Å². The van der Waals surface area contributed by atoms with Crippen LogP contribution in [0.25, 0.3) is 11.1 Å². The van der Waals surface area contributed by atoms with Crippen LogP contribution in [0.5, 0.6) is 0 Å². The third-order valence-corrected chi connectivity index (χ3v) is 3.86. The van der Waals surface area contributed by atoms with E-state index in [2.05, 4.69) is 5.32 Å². The van der Waals surface area contributed by atoms with Crippen molar-refractivity contribution in [3.05, 3.63) is 56.5 Å². The van der Waals surface area contributed by atoms with Crippen LogP contribution in [0.1, 0.15) is 19.4 Å². The zero-order valence-electron chi connectivity index (χ0n) is 14.9. The first-order valence-corrected chi connectivity index (χ1v) is 8.13. The molecule has 134 valence electrons. The first-order valence-electron chi connectivity index (χ1n) is 8.13. The molecular formula is C18H23N3O4. The summed E-state index contributed by atoms with van der Waals surface area (Å²) in [6.07, 6.45) is 1.73. The molecule has 0 bridgehead atoms. The Balaban J connectivity index is 2.43. The zero-order valence-corrected chi connectivity index (χ0v) is 14.9. The number of anilines is 1. The average molecular weight is 345 g/mol. The molecule has 25 heavy (non-hydrogen) atoms. The van der Waals surface area contributed by atoms with E-state index in [9.17, 15) is 14.9 Å². The molecule has 2 aromatic rings. The van der Waals surface area contributed by atoms with Gasteiger partial charge in [-0.2, -0.15) is 0 Å². The second-order valence-electron chi connectivity index (χ2n) is 6.02. The summed E-state index contributed by atoms with van der Waals surface area (Å²) in [5.74, 6) is 0. The van der Waals surface area contributed by atoms with Crippen LogP contribution in [0.15, 0.2) is 35.3 Å². The molecule has 0 aliphatic heterocycles. The number of pyridine rings is 1. The molecule has 1 aromatic heterocycles. The molecule has 0 unspecified atom stereocenters. The standard InChI is InChI=1S/C18H23N3O4/c1-5-25-11-13(3)19-16-9-14(6-7-17(16)21(23)24)15-8-12(2)18(22)20(4)10-15/h6-10,13,19H,5,11H2,1-4H3/t13-/m0/s1. The van der Waals surface area contributed by atoms with E-state index in [-0.39, 0.29) is 17.3 Å². The topological polar surface area (TPSA) is 86.4 Å². The highest BCUT2D eigenvalue weighted by molar-refractivity contribution is 5.74. The van der Waals surface area contributed by atoms with Gasteiger partial charge in [0.2, 0.25) is 0 Å². The molecular weight excluding hydrogens is 322 g/mol. The van der Waals surface area contributed by atoms with Crippen molar-refractivity contribution in [3.63, 3.8) is 0 Å². The van der Waals surface area contributed by atoms with E-state index >= 15 is 0 Å². The summed E-state index contributed by atoms with van der Waals surface area (Å²) in [6, 6.07) is 6.62. The number of benzene rings is 1. The Morgan fingerprint density at radius 1 is 1.32 bits per heavy atom. The Labute approximate surface area is 146 Å². The summed E-state index contributed by atoms with van der Waals surface area (Å²) < 4.78 is 6.87. The lowest BCUT2D eigenvalue weighted by molar-refractivity contribution is -0.384. The number of rotatable bonds is 7. The lowest BCUT2D eigenvalue weighted by Gasteiger charge is -2.16. The molecule has 0 radical (unpaired) electrons. The van der Waals surface area contributed by atoms with Gasteiger partial charge in [0.15, 0.2) is 0 Å². The first-order chi connectivity index (χ1) is 11.8. The van der Waals surface area contributed by atoms with Crippen LogP contribution in [0, 0.1) is 17.0 Å². The van der Waals surface area contributed by atoms with Crippen LogP contribution >= 0.6 is 0 Å². The Morgan fingerprint density at radius 3 is 2.64 bits per heavy atom. The maximum absolute atomic E-state index is 11.9. The fourth-order valence-electron chi connectivity index (χ4n) is 2.63. The Hall–Kier alpha value is -2.67. The van der Waals surface area contributed by atoms with Crippen molar-refractivity contribution in [2.24, 2.45) is 7.05 Å². The molecule has 1 atom stereocenters. The molecule has 0 fully saturated rings. The molecule has 1 N–H and O–H groups in total. The quantitative estimate of drug-likeness (QED) is 0.615. The smallest absolute Gasteiger partial charge is 0.292 e. The number of nitrogens with one attached hydrogen (secondary N) is 1. The van der Waals surface area contributed by atoms with Gasteiger partial charge in [0, 0.05) is 37.5 Å². The minimum atomic E-state index is -0.411. The maximum atomic E-state index is 11.9. The predicted octanol–water partition coefficient (Wildman–Crippen LogP) is 3.11. The van der Waals surface area contributed by atoms with Gasteiger partial charge >= 0.3 is 0 Å². The van der Waals surface area contributed by atoms with E-state index in [1.165, 1.54) is 10.6 Å². The van der Waals surface area contributed by atoms with E-state index in [4.69, 9.17) is 4.74 Å². The number of nitro benzene ring substituents is 1. The number of aromatic nitrogens is 1. The summed E-state index contributed by atoms with van der Waals surface area (Å²) in [4.78, 5) is 22.8. The van der Waals surface area contributed by atoms with Crippen LogP contribution in [-0.4, -0.2) is 28.7 Å². The summed E-state index contributed by atoms with van der Waals surface area (Å²) in [6.45, 7) is 6.60. The fourth-order valence-corrected chi connectivity index (χ4v) is 2.63.